The predicted molar refractivity (Wildman–Crippen MR) is 155 cm³/mol. The minimum Gasteiger partial charge on any atom is -0.469 e. The van der Waals surface area contributed by atoms with Crippen LogP contribution in [0.3, 0.4) is 0 Å². The highest BCUT2D eigenvalue weighted by Crippen LogP contribution is 2.29. The average molecular weight is 556 g/mol. The van der Waals surface area contributed by atoms with E-state index in [1.54, 1.807) is 31.3 Å². The van der Waals surface area contributed by atoms with Crippen LogP contribution in [0.5, 0.6) is 0 Å². The van der Waals surface area contributed by atoms with Crippen molar-refractivity contribution in [2.24, 2.45) is 11.8 Å². The number of hydrogen-bond donors (Lipinski definition) is 1. The van der Waals surface area contributed by atoms with Gasteiger partial charge in [-0.05, 0) is 68.2 Å². The Balaban J connectivity index is 1.45. The van der Waals surface area contributed by atoms with Gasteiger partial charge in [0.1, 0.15) is 0 Å². The van der Waals surface area contributed by atoms with Gasteiger partial charge in [-0.1, -0.05) is 67.8 Å². The topological polar surface area (TPSA) is 79.0 Å². The third-order valence-electron chi connectivity index (χ3n) is 8.58. The van der Waals surface area contributed by atoms with Crippen molar-refractivity contribution in [3.8, 4) is 0 Å². The van der Waals surface area contributed by atoms with Gasteiger partial charge in [-0.25, -0.2) is 12.7 Å². The molecule has 2 aromatic carbocycles. The Morgan fingerprint density at radius 2 is 1.69 bits per heavy atom. The molecule has 3 atom stereocenters. The number of rotatable bonds is 12. The molecule has 4 rings (SSSR count). The monoisotopic (exact) mass is 555 g/mol. The number of carbonyl (C=O) groups is 1. The Kier molecular flexibility index (Phi) is 11.0. The van der Waals surface area contributed by atoms with E-state index < -0.39 is 10.0 Å². The van der Waals surface area contributed by atoms with Gasteiger partial charge in [-0.15, -0.1) is 0 Å². The van der Waals surface area contributed by atoms with E-state index in [1.807, 2.05) is 24.3 Å². The molecular weight excluding hydrogens is 510 g/mol. The van der Waals surface area contributed by atoms with Crippen LogP contribution in [-0.2, 0) is 19.6 Å². The van der Waals surface area contributed by atoms with E-state index >= 15 is 0 Å². The predicted octanol–water partition coefficient (Wildman–Crippen LogP) is 4.86. The summed E-state index contributed by atoms with van der Waals surface area (Å²) in [4.78, 5) is 15.2. The molecule has 2 aliphatic rings. The number of sulfonamides is 1. The van der Waals surface area contributed by atoms with Gasteiger partial charge >= 0.3 is 5.97 Å². The number of carbonyl (C=O) groups excluding carboxylic acids is 1. The van der Waals surface area contributed by atoms with Crippen molar-refractivity contribution < 1.29 is 17.9 Å². The number of methoxy groups -OCH3 is 1. The van der Waals surface area contributed by atoms with E-state index in [2.05, 4.69) is 22.3 Å². The van der Waals surface area contributed by atoms with Crippen LogP contribution in [0.15, 0.2) is 65.6 Å². The third-order valence-corrected chi connectivity index (χ3v) is 10.4. The first-order valence-electron chi connectivity index (χ1n) is 14.5. The number of likely N-dealkylation sites (N-methyl/N-ethyl adjacent to an activating group) is 1. The van der Waals surface area contributed by atoms with Crippen molar-refractivity contribution in [2.45, 2.75) is 68.3 Å². The summed E-state index contributed by atoms with van der Waals surface area (Å²) in [5, 5.41) is 3.81. The van der Waals surface area contributed by atoms with Gasteiger partial charge in [0.25, 0.3) is 0 Å². The van der Waals surface area contributed by atoms with Crippen LogP contribution < -0.4 is 5.32 Å². The number of ether oxygens (including phenoxy) is 1. The normalized spacial score (nSPS) is 22.0. The van der Waals surface area contributed by atoms with Crippen molar-refractivity contribution in [3.05, 3.63) is 66.2 Å². The van der Waals surface area contributed by atoms with Crippen LogP contribution in [0.25, 0.3) is 0 Å². The Morgan fingerprint density at radius 1 is 1.03 bits per heavy atom. The molecule has 1 unspecified atom stereocenters. The lowest BCUT2D eigenvalue weighted by Crippen LogP contribution is -2.53. The SMILES string of the molecule is COC(=O)C1CCN(CC[C@@H](CN(C)S(=O)(=O)c2ccccc2)c2ccccc2)[C@H](NCC2CCCCC2)C1. The molecule has 2 fully saturated rings. The molecule has 7 nitrogen and oxygen atoms in total. The second kappa shape index (κ2) is 14.4. The Bertz CT molecular complexity index is 1120. The van der Waals surface area contributed by atoms with Gasteiger partial charge in [0, 0.05) is 26.7 Å². The molecule has 0 amide bonds. The van der Waals surface area contributed by atoms with Crippen LogP contribution in [-0.4, -0.2) is 70.1 Å². The van der Waals surface area contributed by atoms with Crippen LogP contribution in [0.1, 0.15) is 62.8 Å². The molecule has 0 radical (unpaired) electrons. The average Bonchev–Trinajstić information content (AvgIpc) is 2.99. The fraction of sp³-hybridized carbons (Fsp3) is 0.581. The van der Waals surface area contributed by atoms with E-state index in [-0.39, 0.29) is 24.0 Å². The number of piperidine rings is 1. The molecule has 8 heteroatoms. The number of benzene rings is 2. The summed E-state index contributed by atoms with van der Waals surface area (Å²) in [5.74, 6) is 0.552. The molecule has 0 spiro atoms. The minimum absolute atomic E-state index is 0.0482. The lowest BCUT2D eigenvalue weighted by molar-refractivity contribution is -0.148. The van der Waals surface area contributed by atoms with E-state index in [1.165, 1.54) is 43.5 Å². The first-order chi connectivity index (χ1) is 18.9. The van der Waals surface area contributed by atoms with Crippen molar-refractivity contribution in [1.29, 1.82) is 0 Å². The lowest BCUT2D eigenvalue weighted by Gasteiger charge is -2.40. The zero-order chi connectivity index (χ0) is 27.7. The highest BCUT2D eigenvalue weighted by Gasteiger charge is 2.34. The third kappa shape index (κ3) is 8.13. The molecule has 39 heavy (non-hydrogen) atoms. The fourth-order valence-electron chi connectivity index (χ4n) is 6.16. The zero-order valence-electron chi connectivity index (χ0n) is 23.5. The summed E-state index contributed by atoms with van der Waals surface area (Å²) < 4.78 is 33.1. The first-order valence-corrected chi connectivity index (χ1v) is 15.9. The van der Waals surface area contributed by atoms with Gasteiger partial charge in [-0.3, -0.25) is 9.69 Å². The maximum atomic E-state index is 13.3. The molecule has 214 valence electrons. The minimum atomic E-state index is -3.58. The second-order valence-corrected chi connectivity index (χ2v) is 13.2. The number of esters is 1. The molecule has 0 aromatic heterocycles. The summed E-state index contributed by atoms with van der Waals surface area (Å²) in [5.41, 5.74) is 1.14. The summed E-state index contributed by atoms with van der Waals surface area (Å²) in [6.07, 6.45) is 8.98. The van der Waals surface area contributed by atoms with Crippen molar-refractivity contribution in [3.63, 3.8) is 0 Å². The lowest BCUT2D eigenvalue weighted by atomic mass is 9.88. The highest BCUT2D eigenvalue weighted by atomic mass is 32.2. The molecule has 1 N–H and O–H groups in total. The maximum Gasteiger partial charge on any atom is 0.308 e. The first kappa shape index (κ1) is 29.7. The summed E-state index contributed by atoms with van der Waals surface area (Å²) in [6, 6.07) is 18.9. The fourth-order valence-corrected chi connectivity index (χ4v) is 7.40. The van der Waals surface area contributed by atoms with Crippen LogP contribution in [0, 0.1) is 11.8 Å². The Labute approximate surface area is 235 Å². The summed E-state index contributed by atoms with van der Waals surface area (Å²) in [7, 11) is -0.430. The van der Waals surface area contributed by atoms with Crippen molar-refractivity contribution in [1.82, 2.24) is 14.5 Å². The van der Waals surface area contributed by atoms with Crippen molar-refractivity contribution >= 4 is 16.0 Å². The Morgan fingerprint density at radius 3 is 2.36 bits per heavy atom. The quantitative estimate of drug-likeness (QED) is 0.377. The van der Waals surface area contributed by atoms with Gasteiger partial charge in [0.2, 0.25) is 10.0 Å². The number of hydrogen-bond acceptors (Lipinski definition) is 6. The van der Waals surface area contributed by atoms with E-state index in [0.717, 1.165) is 44.5 Å². The zero-order valence-corrected chi connectivity index (χ0v) is 24.3. The molecular formula is C31H45N3O4S. The number of likely N-dealkylation sites (tertiary alicyclic amines) is 1. The summed E-state index contributed by atoms with van der Waals surface area (Å²) >= 11 is 0. The smallest absolute Gasteiger partial charge is 0.308 e. The van der Waals surface area contributed by atoms with Crippen LogP contribution >= 0.6 is 0 Å². The highest BCUT2D eigenvalue weighted by molar-refractivity contribution is 7.89. The summed E-state index contributed by atoms with van der Waals surface area (Å²) in [6.45, 7) is 3.03. The van der Waals surface area contributed by atoms with Gasteiger partial charge < -0.3 is 10.1 Å². The Hall–Kier alpha value is -2.26. The van der Waals surface area contributed by atoms with E-state index in [9.17, 15) is 13.2 Å². The number of nitrogens with one attached hydrogen (secondary N) is 1. The number of nitrogens with zero attached hydrogens (tertiary/aromatic N) is 2. The maximum absolute atomic E-state index is 13.3. The molecule has 1 aliphatic carbocycles. The van der Waals surface area contributed by atoms with Crippen LogP contribution in [0.2, 0.25) is 0 Å². The van der Waals surface area contributed by atoms with Crippen molar-refractivity contribution in [2.75, 3.05) is 40.3 Å². The second-order valence-electron chi connectivity index (χ2n) is 11.2. The molecule has 0 bridgehead atoms. The standard InChI is InChI=1S/C31H45N3O4S/c1-33(39(36,37)29-16-10-5-11-17-29)24-28(26-14-8-4-9-15-26)19-21-34-20-18-27(31(35)38-2)22-30(34)32-23-25-12-6-3-7-13-25/h4-5,8-11,14-17,25,27-28,30,32H,3,6-7,12-13,18-24H2,1-2H3/t27?,28-,30-/m0/s1. The van der Waals surface area contributed by atoms with Gasteiger partial charge in [0.15, 0.2) is 0 Å². The van der Waals surface area contributed by atoms with Crippen LogP contribution in [0.4, 0.5) is 0 Å². The van der Waals surface area contributed by atoms with Gasteiger partial charge in [-0.2, -0.15) is 0 Å². The molecule has 1 aliphatic heterocycles. The van der Waals surface area contributed by atoms with Gasteiger partial charge in [0.05, 0.1) is 24.1 Å². The molecule has 1 heterocycles. The molecule has 2 aromatic rings. The molecule has 1 saturated carbocycles. The van der Waals surface area contributed by atoms with E-state index in [4.69, 9.17) is 4.74 Å². The molecule has 1 saturated heterocycles. The largest absolute Gasteiger partial charge is 0.469 e. The van der Waals surface area contributed by atoms with E-state index in [0.29, 0.717) is 17.4 Å².